The van der Waals surface area contributed by atoms with Gasteiger partial charge in [-0.3, -0.25) is 4.79 Å². The highest BCUT2D eigenvalue weighted by molar-refractivity contribution is 5.81. The number of hydrogen-bond acceptors (Lipinski definition) is 4. The van der Waals surface area contributed by atoms with Crippen molar-refractivity contribution < 1.29 is 19.4 Å². The minimum Gasteiger partial charge on any atom is -0.444 e. The average Bonchev–Trinajstić information content (AvgIpc) is 2.37. The lowest BCUT2D eigenvalue weighted by molar-refractivity contribution is -0.123. The number of rotatable bonds is 6. The van der Waals surface area contributed by atoms with Gasteiger partial charge in [-0.05, 0) is 58.8 Å². The number of carbonyl (C=O) groups is 2. The number of Topliss-reactive ketones (excluding diaryl/α,β-unsaturated/α-hetero) is 1. The Bertz CT molecular complexity index is 341. The van der Waals surface area contributed by atoms with Gasteiger partial charge in [0.25, 0.3) is 0 Å². The first-order chi connectivity index (χ1) is 9.81. The van der Waals surface area contributed by atoms with Crippen molar-refractivity contribution in [3.63, 3.8) is 0 Å². The molecule has 0 saturated heterocycles. The van der Waals surface area contributed by atoms with Crippen molar-refractivity contribution in [2.24, 2.45) is 11.8 Å². The molecule has 0 aromatic heterocycles. The Kier molecular flexibility index (Phi) is 7.15. The zero-order chi connectivity index (χ0) is 15.9. The van der Waals surface area contributed by atoms with E-state index in [9.17, 15) is 9.59 Å². The SMILES string of the molecule is CC(C)(C)OC(=O)NCCC(=O)C1CCC(CCO)CC1. The number of hydrogen-bond donors (Lipinski definition) is 2. The van der Waals surface area contributed by atoms with E-state index < -0.39 is 11.7 Å². The molecule has 0 aromatic carbocycles. The molecule has 1 aliphatic rings. The third-order valence-electron chi connectivity index (χ3n) is 3.88. The van der Waals surface area contributed by atoms with Crippen molar-refractivity contribution in [1.82, 2.24) is 5.32 Å². The molecule has 0 atom stereocenters. The predicted molar refractivity (Wildman–Crippen MR) is 81.0 cm³/mol. The lowest BCUT2D eigenvalue weighted by atomic mass is 9.78. The fraction of sp³-hybridized carbons (Fsp3) is 0.875. The molecule has 1 fully saturated rings. The number of alkyl carbamates (subject to hydrolysis) is 1. The van der Waals surface area contributed by atoms with Gasteiger partial charge in [-0.25, -0.2) is 4.79 Å². The molecule has 0 heterocycles. The Morgan fingerprint density at radius 3 is 2.33 bits per heavy atom. The molecule has 0 aliphatic heterocycles. The number of aliphatic hydroxyl groups excluding tert-OH is 1. The normalized spacial score (nSPS) is 22.7. The average molecular weight is 299 g/mol. The van der Waals surface area contributed by atoms with Crippen LogP contribution in [0.25, 0.3) is 0 Å². The zero-order valence-corrected chi connectivity index (χ0v) is 13.5. The van der Waals surface area contributed by atoms with Gasteiger partial charge in [-0.1, -0.05) is 0 Å². The maximum atomic E-state index is 12.1. The van der Waals surface area contributed by atoms with Crippen molar-refractivity contribution in [2.75, 3.05) is 13.2 Å². The Morgan fingerprint density at radius 1 is 1.19 bits per heavy atom. The van der Waals surface area contributed by atoms with Gasteiger partial charge in [0.05, 0.1) is 0 Å². The predicted octanol–water partition coefficient (Wildman–Crippen LogP) is 2.66. The summed E-state index contributed by atoms with van der Waals surface area (Å²) in [6.07, 6.45) is 4.62. The molecule has 122 valence electrons. The molecular weight excluding hydrogens is 270 g/mol. The minimum absolute atomic E-state index is 0.125. The Labute approximate surface area is 127 Å². The first-order valence-corrected chi connectivity index (χ1v) is 7.92. The molecule has 21 heavy (non-hydrogen) atoms. The van der Waals surface area contributed by atoms with Crippen LogP contribution < -0.4 is 5.32 Å². The van der Waals surface area contributed by atoms with Crippen LogP contribution in [0.4, 0.5) is 4.79 Å². The van der Waals surface area contributed by atoms with Crippen LogP contribution in [0.2, 0.25) is 0 Å². The van der Waals surface area contributed by atoms with E-state index in [0.29, 0.717) is 18.9 Å². The first-order valence-electron chi connectivity index (χ1n) is 7.92. The maximum absolute atomic E-state index is 12.1. The summed E-state index contributed by atoms with van der Waals surface area (Å²) in [5.41, 5.74) is -0.515. The third kappa shape index (κ3) is 7.46. The second-order valence-electron chi connectivity index (χ2n) is 6.87. The molecule has 5 nitrogen and oxygen atoms in total. The van der Waals surface area contributed by atoms with Gasteiger partial charge in [-0.2, -0.15) is 0 Å². The molecular formula is C16H29NO4. The van der Waals surface area contributed by atoms with Crippen LogP contribution >= 0.6 is 0 Å². The number of amides is 1. The Balaban J connectivity index is 2.19. The van der Waals surface area contributed by atoms with Crippen LogP contribution in [-0.2, 0) is 9.53 Å². The van der Waals surface area contributed by atoms with E-state index in [0.717, 1.165) is 32.1 Å². The maximum Gasteiger partial charge on any atom is 0.407 e. The van der Waals surface area contributed by atoms with E-state index in [1.807, 2.05) is 20.8 Å². The van der Waals surface area contributed by atoms with E-state index in [-0.39, 0.29) is 18.3 Å². The third-order valence-corrected chi connectivity index (χ3v) is 3.88. The summed E-state index contributed by atoms with van der Waals surface area (Å²) in [5.74, 6) is 0.924. The summed E-state index contributed by atoms with van der Waals surface area (Å²) in [5, 5.41) is 11.5. The second-order valence-corrected chi connectivity index (χ2v) is 6.87. The standard InChI is InChI=1S/C16H29NO4/c1-16(2,3)21-15(20)17-10-8-14(19)13-6-4-12(5-7-13)9-11-18/h12-13,18H,4-11H2,1-3H3,(H,17,20). The Hall–Kier alpha value is -1.10. The quantitative estimate of drug-likeness (QED) is 0.790. The summed E-state index contributed by atoms with van der Waals surface area (Å²) in [7, 11) is 0. The van der Waals surface area contributed by atoms with Crippen molar-refractivity contribution in [1.29, 1.82) is 0 Å². The smallest absolute Gasteiger partial charge is 0.407 e. The van der Waals surface area contributed by atoms with Gasteiger partial charge >= 0.3 is 6.09 Å². The van der Waals surface area contributed by atoms with Crippen LogP contribution in [0.5, 0.6) is 0 Å². The number of aliphatic hydroxyl groups is 1. The number of carbonyl (C=O) groups excluding carboxylic acids is 2. The summed E-state index contributed by atoms with van der Waals surface area (Å²) >= 11 is 0. The summed E-state index contributed by atoms with van der Waals surface area (Å²) in [4.78, 5) is 23.6. The highest BCUT2D eigenvalue weighted by Gasteiger charge is 2.25. The zero-order valence-electron chi connectivity index (χ0n) is 13.5. The second kappa shape index (κ2) is 8.37. The van der Waals surface area contributed by atoms with Crippen molar-refractivity contribution >= 4 is 11.9 Å². The molecule has 1 amide bonds. The highest BCUT2D eigenvalue weighted by Crippen LogP contribution is 2.31. The Morgan fingerprint density at radius 2 is 1.81 bits per heavy atom. The molecule has 1 rings (SSSR count). The van der Waals surface area contributed by atoms with Gasteiger partial charge in [0.15, 0.2) is 0 Å². The van der Waals surface area contributed by atoms with Crippen molar-refractivity contribution in [3.8, 4) is 0 Å². The topological polar surface area (TPSA) is 75.6 Å². The van der Waals surface area contributed by atoms with Gasteiger partial charge < -0.3 is 15.2 Å². The van der Waals surface area contributed by atoms with Crippen LogP contribution in [-0.4, -0.2) is 35.7 Å². The monoisotopic (exact) mass is 299 g/mol. The van der Waals surface area contributed by atoms with Crippen LogP contribution in [0.3, 0.4) is 0 Å². The van der Waals surface area contributed by atoms with Gasteiger partial charge in [0, 0.05) is 25.5 Å². The van der Waals surface area contributed by atoms with Crippen LogP contribution in [0.1, 0.15) is 59.3 Å². The van der Waals surface area contributed by atoms with E-state index in [1.54, 1.807) is 0 Å². The minimum atomic E-state index is -0.515. The first kappa shape index (κ1) is 18.0. The molecule has 2 N–H and O–H groups in total. The molecule has 0 unspecified atom stereocenters. The summed E-state index contributed by atoms with van der Waals surface area (Å²) in [6.45, 7) is 6.00. The van der Waals surface area contributed by atoms with Gasteiger partial charge in [0.2, 0.25) is 0 Å². The molecule has 0 aromatic rings. The van der Waals surface area contributed by atoms with Crippen molar-refractivity contribution in [3.05, 3.63) is 0 Å². The van der Waals surface area contributed by atoms with Gasteiger partial charge in [-0.15, -0.1) is 0 Å². The van der Waals surface area contributed by atoms with E-state index in [4.69, 9.17) is 9.84 Å². The molecule has 1 saturated carbocycles. The number of ether oxygens (including phenoxy) is 1. The number of ketones is 1. The number of nitrogens with one attached hydrogen (secondary N) is 1. The largest absolute Gasteiger partial charge is 0.444 e. The fourth-order valence-electron chi connectivity index (χ4n) is 2.76. The van der Waals surface area contributed by atoms with E-state index >= 15 is 0 Å². The van der Waals surface area contributed by atoms with Gasteiger partial charge in [0.1, 0.15) is 11.4 Å². The fourth-order valence-corrected chi connectivity index (χ4v) is 2.76. The van der Waals surface area contributed by atoms with Crippen LogP contribution in [0, 0.1) is 11.8 Å². The lowest BCUT2D eigenvalue weighted by Gasteiger charge is -2.27. The highest BCUT2D eigenvalue weighted by atomic mass is 16.6. The van der Waals surface area contributed by atoms with Crippen molar-refractivity contribution in [2.45, 2.75) is 64.9 Å². The summed E-state index contributed by atoms with van der Waals surface area (Å²) < 4.78 is 5.12. The molecule has 0 radical (unpaired) electrons. The molecule has 0 spiro atoms. The van der Waals surface area contributed by atoms with Crippen LogP contribution in [0.15, 0.2) is 0 Å². The van der Waals surface area contributed by atoms with E-state index in [2.05, 4.69) is 5.32 Å². The lowest BCUT2D eigenvalue weighted by Crippen LogP contribution is -2.34. The molecule has 0 bridgehead atoms. The molecule has 1 aliphatic carbocycles. The van der Waals surface area contributed by atoms with E-state index in [1.165, 1.54) is 0 Å². The molecule has 5 heteroatoms. The summed E-state index contributed by atoms with van der Waals surface area (Å²) in [6, 6.07) is 0.